The fourth-order valence-electron chi connectivity index (χ4n) is 4.90. The number of methoxy groups -OCH3 is 1. The van der Waals surface area contributed by atoms with Gasteiger partial charge in [-0.15, -0.1) is 0 Å². The maximum absolute atomic E-state index is 14.1. The number of hydrogen-bond acceptors (Lipinski definition) is 5. The van der Waals surface area contributed by atoms with E-state index in [2.05, 4.69) is 4.90 Å². The third-order valence-electron chi connectivity index (χ3n) is 6.83. The molecule has 182 valence electrons. The summed E-state index contributed by atoms with van der Waals surface area (Å²) < 4.78 is 24.4. The largest absolute Gasteiger partial charge is 0.494 e. The number of benzene rings is 2. The van der Waals surface area contributed by atoms with Crippen LogP contribution in [0.5, 0.6) is 5.75 Å². The van der Waals surface area contributed by atoms with E-state index in [0.29, 0.717) is 45.7 Å². The van der Waals surface area contributed by atoms with Gasteiger partial charge in [-0.1, -0.05) is 30.3 Å². The summed E-state index contributed by atoms with van der Waals surface area (Å²) in [7, 11) is 1.45. The summed E-state index contributed by atoms with van der Waals surface area (Å²) in [4.78, 5) is 32.5. The number of hydrogen-bond donors (Lipinski definition) is 0. The molecule has 7 nitrogen and oxygen atoms in total. The van der Waals surface area contributed by atoms with Crippen LogP contribution in [0.25, 0.3) is 0 Å². The van der Waals surface area contributed by atoms with Gasteiger partial charge in [0, 0.05) is 45.7 Å². The van der Waals surface area contributed by atoms with Gasteiger partial charge in [-0.25, -0.2) is 4.39 Å². The van der Waals surface area contributed by atoms with Gasteiger partial charge < -0.3 is 19.0 Å². The molecule has 1 fully saturated rings. The number of fused-ring (bicyclic) bond motifs is 1. The fourth-order valence-corrected chi connectivity index (χ4v) is 4.90. The van der Waals surface area contributed by atoms with E-state index in [1.807, 2.05) is 35.2 Å². The van der Waals surface area contributed by atoms with Gasteiger partial charge in [-0.3, -0.25) is 14.5 Å². The molecule has 3 aromatic rings. The van der Waals surface area contributed by atoms with Gasteiger partial charge in [0.05, 0.1) is 13.4 Å². The Morgan fingerprint density at radius 3 is 2.49 bits per heavy atom. The first-order chi connectivity index (χ1) is 17.0. The van der Waals surface area contributed by atoms with Crippen molar-refractivity contribution < 1.29 is 23.1 Å². The van der Waals surface area contributed by atoms with Crippen molar-refractivity contribution in [3.8, 4) is 5.75 Å². The van der Waals surface area contributed by atoms with Crippen LogP contribution in [0.15, 0.2) is 65.3 Å². The summed E-state index contributed by atoms with van der Waals surface area (Å²) in [5.41, 5.74) is 3.00. The first-order valence-corrected chi connectivity index (χ1v) is 11.8. The maximum Gasteiger partial charge on any atom is 0.290 e. The monoisotopic (exact) mass is 477 g/mol. The highest BCUT2D eigenvalue weighted by Gasteiger charge is 2.38. The molecule has 2 aliphatic heterocycles. The third kappa shape index (κ3) is 4.79. The number of carbonyl (C=O) groups is 2. The molecule has 0 unspecified atom stereocenters. The molecule has 3 heterocycles. The number of halogens is 1. The third-order valence-corrected chi connectivity index (χ3v) is 6.83. The van der Waals surface area contributed by atoms with Crippen molar-refractivity contribution in [1.82, 2.24) is 14.7 Å². The predicted molar refractivity (Wildman–Crippen MR) is 127 cm³/mol. The lowest BCUT2D eigenvalue weighted by Gasteiger charge is -2.41. The number of rotatable bonds is 5. The highest BCUT2D eigenvalue weighted by atomic mass is 19.1. The molecule has 0 saturated carbocycles. The average molecular weight is 478 g/mol. The molecule has 1 saturated heterocycles. The zero-order chi connectivity index (χ0) is 24.4. The molecular weight excluding hydrogens is 449 g/mol. The van der Waals surface area contributed by atoms with Crippen molar-refractivity contribution in [2.75, 3.05) is 33.3 Å². The van der Waals surface area contributed by atoms with Gasteiger partial charge in [0.2, 0.25) is 5.91 Å². The van der Waals surface area contributed by atoms with Crippen LogP contribution in [0.1, 0.15) is 27.2 Å². The zero-order valence-corrected chi connectivity index (χ0v) is 19.7. The summed E-state index contributed by atoms with van der Waals surface area (Å²) >= 11 is 0. The van der Waals surface area contributed by atoms with Crippen molar-refractivity contribution in [2.45, 2.75) is 25.6 Å². The predicted octanol–water partition coefficient (Wildman–Crippen LogP) is 3.34. The molecule has 0 radical (unpaired) electrons. The SMILES string of the molecule is COc1ccc(CN2CCN(C(=O)[C@H]3Cc4ccccc4CN3C(=O)c3ccco3)CC2)cc1F. The molecule has 0 N–H and O–H groups in total. The van der Waals surface area contributed by atoms with Gasteiger partial charge in [-0.05, 0) is 41.0 Å². The maximum atomic E-state index is 14.1. The lowest BCUT2D eigenvalue weighted by Crippen LogP contribution is -2.57. The van der Waals surface area contributed by atoms with E-state index in [1.165, 1.54) is 19.4 Å². The molecule has 35 heavy (non-hydrogen) atoms. The Morgan fingerprint density at radius 1 is 1.03 bits per heavy atom. The van der Waals surface area contributed by atoms with Crippen molar-refractivity contribution in [1.29, 1.82) is 0 Å². The lowest BCUT2D eigenvalue weighted by molar-refractivity contribution is -0.138. The molecule has 2 aliphatic rings. The minimum absolute atomic E-state index is 0.0467. The highest BCUT2D eigenvalue weighted by Crippen LogP contribution is 2.27. The van der Waals surface area contributed by atoms with Crippen LogP contribution < -0.4 is 4.74 Å². The van der Waals surface area contributed by atoms with Crippen LogP contribution in [0, 0.1) is 5.82 Å². The van der Waals surface area contributed by atoms with Gasteiger partial charge in [0.1, 0.15) is 6.04 Å². The molecule has 1 aromatic heterocycles. The van der Waals surface area contributed by atoms with E-state index >= 15 is 0 Å². The first kappa shape index (κ1) is 23.1. The Bertz CT molecular complexity index is 1200. The smallest absolute Gasteiger partial charge is 0.290 e. The molecule has 2 aromatic carbocycles. The van der Waals surface area contributed by atoms with Crippen LogP contribution in [0.4, 0.5) is 4.39 Å². The summed E-state index contributed by atoms with van der Waals surface area (Å²) in [5, 5.41) is 0. The van der Waals surface area contributed by atoms with Crippen molar-refractivity contribution in [2.24, 2.45) is 0 Å². The molecule has 0 aliphatic carbocycles. The molecule has 1 atom stereocenters. The van der Waals surface area contributed by atoms with Crippen LogP contribution in [-0.2, 0) is 24.3 Å². The van der Waals surface area contributed by atoms with E-state index < -0.39 is 6.04 Å². The second-order valence-electron chi connectivity index (χ2n) is 8.97. The number of carbonyl (C=O) groups excluding carboxylic acids is 2. The highest BCUT2D eigenvalue weighted by molar-refractivity contribution is 5.96. The zero-order valence-electron chi connectivity index (χ0n) is 19.7. The Kier molecular flexibility index (Phi) is 6.55. The van der Waals surface area contributed by atoms with E-state index in [9.17, 15) is 14.0 Å². The fraction of sp³-hybridized carbons (Fsp3) is 0.333. The molecule has 0 spiro atoms. The van der Waals surface area contributed by atoms with Gasteiger partial charge >= 0.3 is 0 Å². The van der Waals surface area contributed by atoms with E-state index in [-0.39, 0.29) is 29.1 Å². The van der Waals surface area contributed by atoms with Crippen LogP contribution >= 0.6 is 0 Å². The van der Waals surface area contributed by atoms with Gasteiger partial charge in [-0.2, -0.15) is 0 Å². The normalized spacial score (nSPS) is 18.3. The van der Waals surface area contributed by atoms with Gasteiger partial charge in [0.15, 0.2) is 17.3 Å². The van der Waals surface area contributed by atoms with Crippen molar-refractivity contribution in [3.63, 3.8) is 0 Å². The lowest BCUT2D eigenvalue weighted by atomic mass is 9.92. The molecule has 5 rings (SSSR count). The van der Waals surface area contributed by atoms with E-state index in [1.54, 1.807) is 23.1 Å². The topological polar surface area (TPSA) is 66.2 Å². The summed E-state index contributed by atoms with van der Waals surface area (Å²) in [5.74, 6) is -0.235. The average Bonchev–Trinajstić information content (AvgIpc) is 3.43. The minimum atomic E-state index is -0.579. The molecule has 8 heteroatoms. The summed E-state index contributed by atoms with van der Waals surface area (Å²) in [6, 6.07) is 15.7. The second kappa shape index (κ2) is 9.92. The number of ether oxygens (including phenoxy) is 1. The number of amides is 2. The van der Waals surface area contributed by atoms with Crippen LogP contribution in [0.2, 0.25) is 0 Å². The number of nitrogens with zero attached hydrogens (tertiary/aromatic N) is 3. The van der Waals surface area contributed by atoms with Crippen LogP contribution in [0.3, 0.4) is 0 Å². The quantitative estimate of drug-likeness (QED) is 0.564. The Morgan fingerprint density at radius 2 is 1.80 bits per heavy atom. The number of piperazine rings is 1. The Labute approximate surface area is 203 Å². The van der Waals surface area contributed by atoms with Gasteiger partial charge in [0.25, 0.3) is 5.91 Å². The molecule has 2 amide bonds. The molecular formula is C27H28FN3O4. The van der Waals surface area contributed by atoms with Crippen LogP contribution in [-0.4, -0.2) is 65.8 Å². The minimum Gasteiger partial charge on any atom is -0.494 e. The van der Waals surface area contributed by atoms with E-state index in [4.69, 9.17) is 9.15 Å². The standard InChI is InChI=1S/C27H28FN3O4/c1-34-24-9-8-19(15-22(24)28)17-29-10-12-30(13-11-29)26(32)23-16-20-5-2-3-6-21(20)18-31(23)27(33)25-7-4-14-35-25/h2-9,14-15,23H,10-13,16-18H2,1H3/t23-/m1/s1. The second-order valence-corrected chi connectivity index (χ2v) is 8.97. The Hall–Kier alpha value is -3.65. The number of furan rings is 1. The summed E-state index contributed by atoms with van der Waals surface area (Å²) in [6.45, 7) is 3.43. The molecule has 0 bridgehead atoms. The summed E-state index contributed by atoms with van der Waals surface area (Å²) in [6.07, 6.45) is 1.95. The van der Waals surface area contributed by atoms with Crippen molar-refractivity contribution >= 4 is 11.8 Å². The van der Waals surface area contributed by atoms with Crippen molar-refractivity contribution in [3.05, 3.63) is 89.1 Å². The van der Waals surface area contributed by atoms with E-state index in [0.717, 1.165) is 16.7 Å². The Balaban J connectivity index is 1.27. The first-order valence-electron chi connectivity index (χ1n) is 11.8.